The molecule has 2 N–H and O–H groups in total. The van der Waals surface area contributed by atoms with Crippen molar-refractivity contribution in [3.8, 4) is 5.75 Å². The van der Waals surface area contributed by atoms with E-state index in [1.807, 2.05) is 6.26 Å². The van der Waals surface area contributed by atoms with E-state index in [4.69, 9.17) is 16.3 Å². The molecular weight excluding hydrogens is 322 g/mol. The van der Waals surface area contributed by atoms with Gasteiger partial charge in [-0.1, -0.05) is 11.6 Å². The molecule has 0 aliphatic heterocycles. The monoisotopic (exact) mass is 339 g/mol. The van der Waals surface area contributed by atoms with Gasteiger partial charge in [-0.15, -0.1) is 0 Å². The zero-order chi connectivity index (χ0) is 15.3. The molecule has 0 saturated heterocycles. The molecule has 1 aromatic carbocycles. The minimum absolute atomic E-state index is 0.0629. The predicted octanol–water partition coefficient (Wildman–Crippen LogP) is 1.74. The lowest BCUT2D eigenvalue weighted by Gasteiger charge is -2.21. The second-order valence-corrected chi connectivity index (χ2v) is 7.36. The van der Waals surface area contributed by atoms with Gasteiger partial charge in [-0.2, -0.15) is 11.8 Å². The highest BCUT2D eigenvalue weighted by Crippen LogP contribution is 2.27. The van der Waals surface area contributed by atoms with E-state index in [1.165, 1.54) is 37.1 Å². The molecule has 0 spiro atoms. The fourth-order valence-corrected chi connectivity index (χ4v) is 3.98. The highest BCUT2D eigenvalue weighted by atomic mass is 35.5. The van der Waals surface area contributed by atoms with E-state index >= 15 is 0 Å². The number of nitrogens with one attached hydrogen (secondary N) is 1. The van der Waals surface area contributed by atoms with Crippen molar-refractivity contribution in [2.24, 2.45) is 0 Å². The summed E-state index contributed by atoms with van der Waals surface area (Å²) in [6.45, 7) is 1.61. The number of methoxy groups -OCH3 is 1. The van der Waals surface area contributed by atoms with Crippen LogP contribution in [0.2, 0.25) is 5.02 Å². The number of aliphatic hydroxyl groups excluding tert-OH is 1. The van der Waals surface area contributed by atoms with Crippen LogP contribution in [0.1, 0.15) is 6.92 Å². The maximum Gasteiger partial charge on any atom is 0.240 e. The Labute approximate surface area is 128 Å². The summed E-state index contributed by atoms with van der Waals surface area (Å²) in [4.78, 5) is 0.0629. The van der Waals surface area contributed by atoms with Gasteiger partial charge in [0, 0.05) is 11.3 Å². The summed E-state index contributed by atoms with van der Waals surface area (Å²) in [5.74, 6) is 0.413. The molecule has 20 heavy (non-hydrogen) atoms. The molecule has 0 aromatic heterocycles. The SMILES string of the molecule is COc1ccc(S(=O)(=O)NC(C)C(CO)SC)cc1Cl. The van der Waals surface area contributed by atoms with Crippen LogP contribution in [0, 0.1) is 0 Å². The zero-order valence-corrected chi connectivity index (χ0v) is 13.8. The average Bonchev–Trinajstić information content (AvgIpc) is 2.39. The molecule has 2 unspecified atom stereocenters. The average molecular weight is 340 g/mol. The van der Waals surface area contributed by atoms with Crippen molar-refractivity contribution < 1.29 is 18.3 Å². The summed E-state index contributed by atoms with van der Waals surface area (Å²) in [6, 6.07) is 3.86. The van der Waals surface area contributed by atoms with Gasteiger partial charge in [-0.3, -0.25) is 0 Å². The standard InChI is InChI=1S/C12H18ClNO4S2/c1-8(12(7-15)19-3)14-20(16,17)9-4-5-11(18-2)10(13)6-9/h4-6,8,12,14-15H,7H2,1-3H3. The molecule has 0 aliphatic carbocycles. The molecule has 0 radical (unpaired) electrons. The third-order valence-electron chi connectivity index (χ3n) is 2.81. The van der Waals surface area contributed by atoms with E-state index in [0.717, 1.165) is 0 Å². The minimum Gasteiger partial charge on any atom is -0.495 e. The number of thioether (sulfide) groups is 1. The molecule has 0 saturated carbocycles. The van der Waals surface area contributed by atoms with E-state index in [2.05, 4.69) is 4.72 Å². The van der Waals surface area contributed by atoms with E-state index in [0.29, 0.717) is 5.75 Å². The maximum atomic E-state index is 12.2. The van der Waals surface area contributed by atoms with Gasteiger partial charge in [0.05, 0.1) is 23.6 Å². The number of halogens is 1. The minimum atomic E-state index is -3.69. The Morgan fingerprint density at radius 1 is 1.50 bits per heavy atom. The number of benzene rings is 1. The zero-order valence-electron chi connectivity index (χ0n) is 11.5. The third kappa shape index (κ3) is 4.26. The number of ether oxygens (including phenoxy) is 1. The van der Waals surface area contributed by atoms with E-state index < -0.39 is 16.1 Å². The lowest BCUT2D eigenvalue weighted by Crippen LogP contribution is -2.41. The largest absolute Gasteiger partial charge is 0.495 e. The van der Waals surface area contributed by atoms with Crippen LogP contribution in [0.25, 0.3) is 0 Å². The first-order valence-electron chi connectivity index (χ1n) is 5.85. The smallest absolute Gasteiger partial charge is 0.240 e. The Kier molecular flexibility index (Phi) is 6.60. The molecule has 0 fully saturated rings. The molecule has 8 heteroatoms. The van der Waals surface area contributed by atoms with Crippen molar-refractivity contribution in [3.63, 3.8) is 0 Å². The second-order valence-electron chi connectivity index (χ2n) is 4.16. The summed E-state index contributed by atoms with van der Waals surface area (Å²) >= 11 is 7.33. The molecule has 0 aliphatic rings. The first kappa shape index (κ1) is 17.6. The van der Waals surface area contributed by atoms with Crippen molar-refractivity contribution in [2.75, 3.05) is 20.0 Å². The van der Waals surface area contributed by atoms with Crippen LogP contribution in [0.5, 0.6) is 5.75 Å². The molecule has 1 rings (SSSR count). The van der Waals surface area contributed by atoms with Gasteiger partial charge in [0.1, 0.15) is 5.75 Å². The van der Waals surface area contributed by atoms with Crippen LogP contribution in [-0.2, 0) is 10.0 Å². The van der Waals surface area contributed by atoms with Crippen LogP contribution >= 0.6 is 23.4 Å². The van der Waals surface area contributed by atoms with Crippen LogP contribution < -0.4 is 9.46 Å². The molecule has 0 heterocycles. The summed E-state index contributed by atoms with van der Waals surface area (Å²) in [5.41, 5.74) is 0. The highest BCUT2D eigenvalue weighted by molar-refractivity contribution is 7.99. The van der Waals surface area contributed by atoms with Crippen LogP contribution in [0.3, 0.4) is 0 Å². The first-order chi connectivity index (χ1) is 9.35. The van der Waals surface area contributed by atoms with Gasteiger partial charge >= 0.3 is 0 Å². The maximum absolute atomic E-state index is 12.2. The molecule has 1 aromatic rings. The Bertz CT molecular complexity index is 546. The summed E-state index contributed by atoms with van der Waals surface area (Å²) < 4.78 is 32.0. The van der Waals surface area contributed by atoms with Gasteiger partial charge in [0.15, 0.2) is 0 Å². The first-order valence-corrected chi connectivity index (χ1v) is 9.00. The van der Waals surface area contributed by atoms with Crippen LogP contribution in [0.4, 0.5) is 0 Å². The highest BCUT2D eigenvalue weighted by Gasteiger charge is 2.23. The predicted molar refractivity (Wildman–Crippen MR) is 82.2 cm³/mol. The van der Waals surface area contributed by atoms with E-state index in [9.17, 15) is 13.5 Å². The molecule has 2 atom stereocenters. The lowest BCUT2D eigenvalue weighted by molar-refractivity contribution is 0.282. The number of aliphatic hydroxyl groups is 1. The molecule has 0 bridgehead atoms. The summed E-state index contributed by atoms with van der Waals surface area (Å²) in [5, 5.41) is 9.20. The van der Waals surface area contributed by atoms with Crippen molar-refractivity contribution in [1.82, 2.24) is 4.72 Å². The van der Waals surface area contributed by atoms with Gasteiger partial charge in [0.2, 0.25) is 10.0 Å². The van der Waals surface area contributed by atoms with Crippen molar-refractivity contribution >= 4 is 33.4 Å². The summed E-state index contributed by atoms with van der Waals surface area (Å²) in [6.07, 6.45) is 1.82. The van der Waals surface area contributed by atoms with E-state index in [1.54, 1.807) is 6.92 Å². The number of hydrogen-bond donors (Lipinski definition) is 2. The number of sulfonamides is 1. The normalized spacial score (nSPS) is 14.8. The Morgan fingerprint density at radius 2 is 2.15 bits per heavy atom. The Hall–Kier alpha value is -0.470. The topological polar surface area (TPSA) is 75.6 Å². The van der Waals surface area contributed by atoms with Crippen molar-refractivity contribution in [1.29, 1.82) is 0 Å². The Morgan fingerprint density at radius 3 is 2.60 bits per heavy atom. The van der Waals surface area contributed by atoms with Crippen LogP contribution in [-0.4, -0.2) is 44.8 Å². The Balaban J connectivity index is 2.97. The van der Waals surface area contributed by atoms with Crippen molar-refractivity contribution in [3.05, 3.63) is 23.2 Å². The quantitative estimate of drug-likeness (QED) is 0.791. The second kappa shape index (κ2) is 7.51. The number of rotatable bonds is 7. The third-order valence-corrected chi connectivity index (χ3v) is 5.83. The molecule has 0 amide bonds. The molecule has 5 nitrogen and oxygen atoms in total. The number of hydrogen-bond acceptors (Lipinski definition) is 5. The van der Waals surface area contributed by atoms with Gasteiger partial charge in [-0.25, -0.2) is 13.1 Å². The van der Waals surface area contributed by atoms with E-state index in [-0.39, 0.29) is 21.8 Å². The van der Waals surface area contributed by atoms with Crippen LogP contribution in [0.15, 0.2) is 23.1 Å². The van der Waals surface area contributed by atoms with Crippen molar-refractivity contribution in [2.45, 2.75) is 23.1 Å². The lowest BCUT2D eigenvalue weighted by atomic mass is 10.3. The summed E-state index contributed by atoms with van der Waals surface area (Å²) in [7, 11) is -2.23. The van der Waals surface area contributed by atoms with Gasteiger partial charge < -0.3 is 9.84 Å². The van der Waals surface area contributed by atoms with Gasteiger partial charge in [0.25, 0.3) is 0 Å². The molecular formula is C12H18ClNO4S2. The fourth-order valence-electron chi connectivity index (χ4n) is 1.64. The molecule has 114 valence electrons. The van der Waals surface area contributed by atoms with Gasteiger partial charge in [-0.05, 0) is 31.4 Å². The fraction of sp³-hybridized carbons (Fsp3) is 0.500.